The summed E-state index contributed by atoms with van der Waals surface area (Å²) in [5.74, 6) is -4.78. The van der Waals surface area contributed by atoms with E-state index in [1.54, 1.807) is 27.6 Å². The van der Waals surface area contributed by atoms with Gasteiger partial charge in [0.15, 0.2) is 0 Å². The summed E-state index contributed by atoms with van der Waals surface area (Å²) in [6, 6.07) is 18.0. The van der Waals surface area contributed by atoms with Crippen molar-refractivity contribution in [3.05, 3.63) is 89.7 Å². The number of hydrogen-bond acceptors (Lipinski definition) is 6. The molecule has 53 heavy (non-hydrogen) atoms. The van der Waals surface area contributed by atoms with Gasteiger partial charge in [-0.25, -0.2) is 8.78 Å². The zero-order valence-electron chi connectivity index (χ0n) is 30.5. The molecular formula is C40H48F2N6O5. The molecule has 1 unspecified atom stereocenters. The van der Waals surface area contributed by atoms with Crippen LogP contribution in [-0.2, 0) is 32.3 Å². The number of rotatable bonds is 11. The quantitative estimate of drug-likeness (QED) is 0.316. The maximum atomic E-state index is 14.5. The molecule has 3 aliphatic heterocycles. The van der Waals surface area contributed by atoms with Gasteiger partial charge >= 0.3 is 0 Å². The standard InChI is InChI=1S/C40H48F2N6O5/c1-27(53-23-29-12-8-5-9-13-29)33(37(52)45-16-14-40(41,42)15-17-45)44-34(49)32-22-46(24-39(32)25-47(26-39)36(51)31-18-38(31,2)3)35(50)30-19-43-48(21-30)20-28-10-6-4-7-11-28/h4-13,19,21,27,31-33H,14-18,20,22-26H2,1-3H3,(H,44,49)/t27-,31-,32?,33+/m1/s1. The number of amides is 4. The maximum absolute atomic E-state index is 14.5. The van der Waals surface area contributed by atoms with Gasteiger partial charge in [0, 0.05) is 69.6 Å². The highest BCUT2D eigenvalue weighted by Crippen LogP contribution is 2.54. The number of aromatic nitrogens is 2. The van der Waals surface area contributed by atoms with Gasteiger partial charge in [0.1, 0.15) is 6.04 Å². The van der Waals surface area contributed by atoms with Gasteiger partial charge in [-0.15, -0.1) is 0 Å². The Morgan fingerprint density at radius 1 is 0.887 bits per heavy atom. The molecule has 282 valence electrons. The molecule has 1 spiro atoms. The minimum Gasteiger partial charge on any atom is -0.371 e. The average molecular weight is 731 g/mol. The highest BCUT2D eigenvalue weighted by Gasteiger charge is 2.62. The summed E-state index contributed by atoms with van der Waals surface area (Å²) in [7, 11) is 0. The molecule has 0 radical (unpaired) electrons. The Bertz CT molecular complexity index is 1820. The van der Waals surface area contributed by atoms with Crippen LogP contribution < -0.4 is 5.32 Å². The summed E-state index contributed by atoms with van der Waals surface area (Å²) in [4.78, 5) is 60.6. The fourth-order valence-electron chi connectivity index (χ4n) is 8.08. The van der Waals surface area contributed by atoms with Gasteiger partial charge in [-0.05, 0) is 29.9 Å². The van der Waals surface area contributed by atoms with E-state index in [9.17, 15) is 28.0 Å². The van der Waals surface area contributed by atoms with Gasteiger partial charge in [-0.2, -0.15) is 5.10 Å². The molecule has 3 aromatic rings. The molecule has 3 saturated heterocycles. The summed E-state index contributed by atoms with van der Waals surface area (Å²) < 4.78 is 36.0. The molecule has 1 N–H and O–H groups in total. The lowest BCUT2D eigenvalue weighted by Gasteiger charge is -2.50. The minimum atomic E-state index is -2.85. The molecule has 4 amide bonds. The fourth-order valence-corrected chi connectivity index (χ4v) is 8.08. The Balaban J connectivity index is 1.10. The van der Waals surface area contributed by atoms with E-state index in [0.717, 1.165) is 17.5 Å². The van der Waals surface area contributed by atoms with Crippen molar-refractivity contribution in [1.29, 1.82) is 0 Å². The van der Waals surface area contributed by atoms with Crippen molar-refractivity contribution in [1.82, 2.24) is 29.8 Å². The van der Waals surface area contributed by atoms with E-state index in [1.165, 1.54) is 11.1 Å². The molecule has 0 bridgehead atoms. The average Bonchev–Trinajstić information content (AvgIpc) is 3.42. The molecule has 11 nitrogen and oxygen atoms in total. The first-order valence-electron chi connectivity index (χ1n) is 18.5. The van der Waals surface area contributed by atoms with Crippen molar-refractivity contribution < 1.29 is 32.7 Å². The second-order valence-electron chi connectivity index (χ2n) is 16.1. The molecule has 4 atom stereocenters. The van der Waals surface area contributed by atoms with Crippen LogP contribution in [-0.4, -0.2) is 105 Å². The van der Waals surface area contributed by atoms with Crippen LogP contribution in [0.15, 0.2) is 73.1 Å². The third-order valence-corrected chi connectivity index (χ3v) is 11.6. The van der Waals surface area contributed by atoms with Crippen LogP contribution in [0.2, 0.25) is 0 Å². The number of nitrogens with zero attached hydrogens (tertiary/aromatic N) is 5. The zero-order chi connectivity index (χ0) is 37.5. The first kappa shape index (κ1) is 36.7. The van der Waals surface area contributed by atoms with Crippen molar-refractivity contribution in [2.75, 3.05) is 39.3 Å². The molecule has 7 rings (SSSR count). The van der Waals surface area contributed by atoms with Crippen LogP contribution in [0.1, 0.15) is 61.5 Å². The molecule has 1 saturated carbocycles. The van der Waals surface area contributed by atoms with Crippen molar-refractivity contribution in [2.24, 2.45) is 22.7 Å². The van der Waals surface area contributed by atoms with E-state index >= 15 is 0 Å². The van der Waals surface area contributed by atoms with Crippen molar-refractivity contribution in [2.45, 2.75) is 71.3 Å². The third-order valence-electron chi connectivity index (χ3n) is 11.6. The summed E-state index contributed by atoms with van der Waals surface area (Å²) in [5, 5.41) is 7.37. The second kappa shape index (κ2) is 14.3. The molecule has 4 fully saturated rings. The number of halogens is 2. The molecule has 1 aliphatic carbocycles. The van der Waals surface area contributed by atoms with Crippen molar-refractivity contribution >= 4 is 23.6 Å². The number of hydrogen-bond donors (Lipinski definition) is 1. The van der Waals surface area contributed by atoms with Gasteiger partial charge in [-0.1, -0.05) is 74.5 Å². The van der Waals surface area contributed by atoms with Gasteiger partial charge in [-0.3, -0.25) is 23.9 Å². The molecule has 4 heterocycles. The van der Waals surface area contributed by atoms with E-state index in [4.69, 9.17) is 4.74 Å². The van der Waals surface area contributed by atoms with Crippen LogP contribution in [0.25, 0.3) is 0 Å². The lowest BCUT2D eigenvalue weighted by Crippen LogP contribution is -2.65. The Hall–Kier alpha value is -4.65. The Labute approximate surface area is 308 Å². The minimum absolute atomic E-state index is 0.0594. The lowest BCUT2D eigenvalue weighted by molar-refractivity contribution is -0.153. The van der Waals surface area contributed by atoms with Crippen LogP contribution in [0.5, 0.6) is 0 Å². The molecule has 1 aromatic heterocycles. The van der Waals surface area contributed by atoms with Crippen LogP contribution in [0, 0.1) is 22.7 Å². The van der Waals surface area contributed by atoms with Gasteiger partial charge in [0.2, 0.25) is 17.7 Å². The van der Waals surface area contributed by atoms with Gasteiger partial charge in [0.05, 0.1) is 36.9 Å². The van der Waals surface area contributed by atoms with Crippen LogP contribution in [0.3, 0.4) is 0 Å². The van der Waals surface area contributed by atoms with E-state index in [2.05, 4.69) is 24.3 Å². The molecule has 2 aromatic carbocycles. The summed E-state index contributed by atoms with van der Waals surface area (Å²) in [5.41, 5.74) is 1.53. The van der Waals surface area contributed by atoms with Crippen molar-refractivity contribution in [3.63, 3.8) is 0 Å². The fraction of sp³-hybridized carbons (Fsp3) is 0.525. The van der Waals surface area contributed by atoms with Gasteiger partial charge in [0.25, 0.3) is 11.8 Å². The Morgan fingerprint density at radius 3 is 2.11 bits per heavy atom. The number of carbonyl (C=O) groups is 4. The second-order valence-corrected chi connectivity index (χ2v) is 16.1. The third kappa shape index (κ3) is 7.85. The summed E-state index contributed by atoms with van der Waals surface area (Å²) >= 11 is 0. The molecule has 13 heteroatoms. The topological polar surface area (TPSA) is 117 Å². The number of nitrogens with one attached hydrogen (secondary N) is 1. The number of piperidine rings is 1. The smallest absolute Gasteiger partial charge is 0.257 e. The molecule has 4 aliphatic rings. The zero-order valence-corrected chi connectivity index (χ0v) is 30.5. The van der Waals surface area contributed by atoms with E-state index in [1.807, 2.05) is 60.7 Å². The number of carbonyl (C=O) groups excluding carboxylic acids is 4. The first-order chi connectivity index (χ1) is 25.2. The van der Waals surface area contributed by atoms with Crippen molar-refractivity contribution in [3.8, 4) is 0 Å². The largest absolute Gasteiger partial charge is 0.371 e. The number of ether oxygens (including phenoxy) is 1. The number of likely N-dealkylation sites (tertiary alicyclic amines) is 3. The highest BCUT2D eigenvalue weighted by atomic mass is 19.3. The summed E-state index contributed by atoms with van der Waals surface area (Å²) in [6.07, 6.45) is 2.33. The normalized spacial score (nSPS) is 23.6. The predicted molar refractivity (Wildman–Crippen MR) is 191 cm³/mol. The van der Waals surface area contributed by atoms with Gasteiger partial charge < -0.3 is 24.8 Å². The van der Waals surface area contributed by atoms with Crippen LogP contribution in [0.4, 0.5) is 8.78 Å². The first-order valence-corrected chi connectivity index (χ1v) is 18.5. The molecular weight excluding hydrogens is 682 g/mol. The lowest BCUT2D eigenvalue weighted by atomic mass is 9.70. The number of benzene rings is 2. The predicted octanol–water partition coefficient (Wildman–Crippen LogP) is 4.23. The number of alkyl halides is 2. The van der Waals surface area contributed by atoms with Crippen LogP contribution >= 0.6 is 0 Å². The van der Waals surface area contributed by atoms with E-state index < -0.39 is 54.1 Å². The highest BCUT2D eigenvalue weighted by molar-refractivity contribution is 5.96. The Kier molecular flexibility index (Phi) is 9.90. The Morgan fingerprint density at radius 2 is 1.49 bits per heavy atom. The van der Waals surface area contributed by atoms with E-state index in [-0.39, 0.29) is 55.9 Å². The summed E-state index contributed by atoms with van der Waals surface area (Å²) in [6.45, 7) is 7.20. The maximum Gasteiger partial charge on any atom is 0.257 e. The monoisotopic (exact) mass is 730 g/mol. The van der Waals surface area contributed by atoms with E-state index in [0.29, 0.717) is 25.2 Å². The SMILES string of the molecule is C[C@@H](OCc1ccccc1)[C@H](NC(=O)C1CN(C(=O)c2cnn(Cc3ccccc3)c2)CC12CN(C(=O)[C@H]1CC1(C)C)C2)C(=O)N1CCC(F)(F)CC1.